The van der Waals surface area contributed by atoms with E-state index >= 15 is 0 Å². The van der Waals surface area contributed by atoms with Crippen molar-refractivity contribution in [2.75, 3.05) is 6.54 Å². The average Bonchev–Trinajstić information content (AvgIpc) is 2.47. The maximum atomic E-state index is 4.44. The summed E-state index contributed by atoms with van der Waals surface area (Å²) in [4.78, 5) is 4.44. The molecule has 1 unspecified atom stereocenters. The quantitative estimate of drug-likeness (QED) is 0.846. The zero-order chi connectivity index (χ0) is 14.4. The van der Waals surface area contributed by atoms with Gasteiger partial charge in [-0.05, 0) is 49.2 Å². The van der Waals surface area contributed by atoms with Gasteiger partial charge in [0.1, 0.15) is 0 Å². The second-order valence-electron chi connectivity index (χ2n) is 5.04. The summed E-state index contributed by atoms with van der Waals surface area (Å²) in [5, 5.41) is 3.63. The van der Waals surface area contributed by atoms with Crippen LogP contribution in [-0.2, 0) is 6.42 Å². The Labute approximate surface area is 129 Å². The molecule has 20 heavy (non-hydrogen) atoms. The first-order chi connectivity index (χ1) is 9.70. The maximum Gasteiger partial charge on any atom is 0.0422 e. The van der Waals surface area contributed by atoms with Gasteiger partial charge in [0.2, 0.25) is 0 Å². The summed E-state index contributed by atoms with van der Waals surface area (Å²) < 4.78 is 1.16. The van der Waals surface area contributed by atoms with Crippen molar-refractivity contribution >= 4 is 15.9 Å². The van der Waals surface area contributed by atoms with Crippen molar-refractivity contribution < 1.29 is 0 Å². The molecule has 0 aliphatic heterocycles. The van der Waals surface area contributed by atoms with Gasteiger partial charge in [0.25, 0.3) is 0 Å². The van der Waals surface area contributed by atoms with Crippen molar-refractivity contribution in [3.63, 3.8) is 0 Å². The monoisotopic (exact) mass is 332 g/mol. The summed E-state index contributed by atoms with van der Waals surface area (Å²) in [7, 11) is 0. The van der Waals surface area contributed by atoms with Crippen molar-refractivity contribution in [1.29, 1.82) is 0 Å². The molecule has 2 nitrogen and oxygen atoms in total. The normalized spacial score (nSPS) is 12.3. The van der Waals surface area contributed by atoms with Gasteiger partial charge in [-0.25, -0.2) is 0 Å². The Bertz CT molecular complexity index is 540. The lowest BCUT2D eigenvalue weighted by molar-refractivity contribution is 0.524. The van der Waals surface area contributed by atoms with Crippen molar-refractivity contribution in [3.8, 4) is 0 Å². The lowest BCUT2D eigenvalue weighted by atomic mass is 9.99. The van der Waals surface area contributed by atoms with E-state index in [1.54, 1.807) is 0 Å². The van der Waals surface area contributed by atoms with E-state index in [9.17, 15) is 0 Å². The van der Waals surface area contributed by atoms with Gasteiger partial charge in [-0.15, -0.1) is 0 Å². The van der Waals surface area contributed by atoms with E-state index < -0.39 is 0 Å². The molecule has 1 heterocycles. The van der Waals surface area contributed by atoms with Gasteiger partial charge in [-0.2, -0.15) is 0 Å². The predicted molar refractivity (Wildman–Crippen MR) is 87.9 cm³/mol. The van der Waals surface area contributed by atoms with Crippen LogP contribution in [0.15, 0.2) is 47.1 Å². The number of nitrogens with zero attached hydrogens (tertiary/aromatic N) is 1. The van der Waals surface area contributed by atoms with Gasteiger partial charge in [0.05, 0.1) is 0 Å². The van der Waals surface area contributed by atoms with Crippen LogP contribution in [0.5, 0.6) is 0 Å². The fourth-order valence-corrected chi connectivity index (χ4v) is 2.49. The molecule has 0 aliphatic rings. The molecule has 1 aromatic heterocycles. The van der Waals surface area contributed by atoms with E-state index in [0.717, 1.165) is 29.6 Å². The minimum Gasteiger partial charge on any atom is -0.310 e. The number of hydrogen-bond acceptors (Lipinski definition) is 2. The van der Waals surface area contributed by atoms with E-state index in [4.69, 9.17) is 0 Å². The second-order valence-corrected chi connectivity index (χ2v) is 5.89. The summed E-state index contributed by atoms with van der Waals surface area (Å²) in [5.74, 6) is 0. The molecule has 1 N–H and O–H groups in total. The molecular weight excluding hydrogens is 312 g/mol. The summed E-state index contributed by atoms with van der Waals surface area (Å²) in [6.07, 6.45) is 3.91. The topological polar surface area (TPSA) is 24.9 Å². The number of pyridine rings is 1. The van der Waals surface area contributed by atoms with E-state index in [1.807, 2.05) is 18.3 Å². The Kier molecular flexibility index (Phi) is 5.74. The van der Waals surface area contributed by atoms with Gasteiger partial charge in [0.15, 0.2) is 0 Å². The predicted octanol–water partition coefficient (Wildman–Crippen LogP) is 4.44. The molecule has 0 amide bonds. The molecular formula is C17H21BrN2. The first-order valence-electron chi connectivity index (χ1n) is 7.10. The van der Waals surface area contributed by atoms with Crippen LogP contribution in [0.3, 0.4) is 0 Å². The Morgan fingerprint density at radius 1 is 1.25 bits per heavy atom. The molecule has 2 aromatic rings. The zero-order valence-electron chi connectivity index (χ0n) is 12.1. The summed E-state index contributed by atoms with van der Waals surface area (Å²) >= 11 is 3.57. The molecule has 0 aliphatic carbocycles. The van der Waals surface area contributed by atoms with Gasteiger partial charge in [-0.1, -0.05) is 41.1 Å². The van der Waals surface area contributed by atoms with Crippen molar-refractivity contribution in [3.05, 3.63) is 63.9 Å². The van der Waals surface area contributed by atoms with Crippen LogP contribution >= 0.6 is 15.9 Å². The SMILES string of the molecule is CCCNC(Cc1ccccn1)c1ccc(Br)c(C)c1. The first kappa shape index (κ1) is 15.2. The molecule has 0 spiro atoms. The highest BCUT2D eigenvalue weighted by molar-refractivity contribution is 9.10. The third kappa shape index (κ3) is 4.15. The fourth-order valence-electron chi connectivity index (χ4n) is 2.24. The van der Waals surface area contributed by atoms with Crippen LogP contribution in [-0.4, -0.2) is 11.5 Å². The zero-order valence-corrected chi connectivity index (χ0v) is 13.7. The molecule has 3 heteroatoms. The smallest absolute Gasteiger partial charge is 0.0422 e. The molecule has 106 valence electrons. The van der Waals surface area contributed by atoms with E-state index in [-0.39, 0.29) is 0 Å². The summed E-state index contributed by atoms with van der Waals surface area (Å²) in [6, 6.07) is 13.0. The Morgan fingerprint density at radius 3 is 2.75 bits per heavy atom. The third-order valence-corrected chi connectivity index (χ3v) is 4.25. The van der Waals surface area contributed by atoms with E-state index in [0.29, 0.717) is 6.04 Å². The lowest BCUT2D eigenvalue weighted by Crippen LogP contribution is -2.24. The van der Waals surface area contributed by atoms with E-state index in [1.165, 1.54) is 11.1 Å². The van der Waals surface area contributed by atoms with Crippen LogP contribution in [0.4, 0.5) is 0 Å². The molecule has 0 saturated heterocycles. The number of halogens is 1. The van der Waals surface area contributed by atoms with Crippen molar-refractivity contribution in [2.24, 2.45) is 0 Å². The highest BCUT2D eigenvalue weighted by Crippen LogP contribution is 2.23. The largest absolute Gasteiger partial charge is 0.310 e. The van der Waals surface area contributed by atoms with E-state index in [2.05, 4.69) is 64.3 Å². The molecule has 2 rings (SSSR count). The van der Waals surface area contributed by atoms with Crippen molar-refractivity contribution in [2.45, 2.75) is 32.7 Å². The molecule has 1 atom stereocenters. The van der Waals surface area contributed by atoms with Crippen LogP contribution in [0, 0.1) is 6.92 Å². The molecule has 0 radical (unpaired) electrons. The molecule has 0 bridgehead atoms. The highest BCUT2D eigenvalue weighted by atomic mass is 79.9. The minimum atomic E-state index is 0.316. The second kappa shape index (κ2) is 7.55. The minimum absolute atomic E-state index is 0.316. The maximum absolute atomic E-state index is 4.44. The number of hydrogen-bond donors (Lipinski definition) is 1. The van der Waals surface area contributed by atoms with Gasteiger partial charge in [0, 0.05) is 28.8 Å². The van der Waals surface area contributed by atoms with Crippen LogP contribution in [0.1, 0.15) is 36.2 Å². The molecule has 0 fully saturated rings. The number of aromatic nitrogens is 1. The average molecular weight is 333 g/mol. The van der Waals surface area contributed by atoms with Crippen LogP contribution < -0.4 is 5.32 Å². The van der Waals surface area contributed by atoms with Crippen LogP contribution in [0.2, 0.25) is 0 Å². The molecule has 1 aromatic carbocycles. The van der Waals surface area contributed by atoms with Crippen molar-refractivity contribution in [1.82, 2.24) is 10.3 Å². The third-order valence-electron chi connectivity index (χ3n) is 3.36. The number of nitrogens with one attached hydrogen (secondary N) is 1. The Hall–Kier alpha value is -1.19. The van der Waals surface area contributed by atoms with Gasteiger partial charge < -0.3 is 5.32 Å². The highest BCUT2D eigenvalue weighted by Gasteiger charge is 2.13. The number of benzene rings is 1. The number of rotatable bonds is 6. The first-order valence-corrected chi connectivity index (χ1v) is 7.89. The lowest BCUT2D eigenvalue weighted by Gasteiger charge is -2.19. The van der Waals surface area contributed by atoms with Gasteiger partial charge >= 0.3 is 0 Å². The standard InChI is InChI=1S/C17H21BrN2/c1-3-9-20-17(12-15-6-4-5-10-19-15)14-7-8-16(18)13(2)11-14/h4-8,10-11,17,20H,3,9,12H2,1-2H3. The fraction of sp³-hybridized carbons (Fsp3) is 0.353. The summed E-state index contributed by atoms with van der Waals surface area (Å²) in [5.41, 5.74) is 3.72. The molecule has 0 saturated carbocycles. The summed E-state index contributed by atoms with van der Waals surface area (Å²) in [6.45, 7) is 5.34. The Morgan fingerprint density at radius 2 is 2.10 bits per heavy atom. The van der Waals surface area contributed by atoms with Crippen LogP contribution in [0.25, 0.3) is 0 Å². The Balaban J connectivity index is 2.20. The number of aryl methyl sites for hydroxylation is 1. The van der Waals surface area contributed by atoms with Gasteiger partial charge in [-0.3, -0.25) is 4.98 Å².